The zero-order chi connectivity index (χ0) is 16.4. The number of carbonyl (C=O) groups is 2. The second-order valence-electron chi connectivity index (χ2n) is 5.11. The summed E-state index contributed by atoms with van der Waals surface area (Å²) in [5, 5.41) is 23.6. The highest BCUT2D eigenvalue weighted by Crippen LogP contribution is 2.36. The highest BCUT2D eigenvalue weighted by molar-refractivity contribution is 9.10. The van der Waals surface area contributed by atoms with Crippen molar-refractivity contribution in [3.8, 4) is 5.88 Å². The van der Waals surface area contributed by atoms with Crippen LogP contribution >= 0.6 is 15.9 Å². The number of nitrogens with zero attached hydrogens (tertiary/aromatic N) is 2. The maximum atomic E-state index is 11.9. The summed E-state index contributed by atoms with van der Waals surface area (Å²) in [6.07, 6.45) is -0.0812. The Bertz CT molecular complexity index is 801. The number of hydrogen-bond acceptors (Lipinski definition) is 5. The minimum Gasteiger partial charge on any atom is -0.493 e. The molecule has 4 N–H and O–H groups in total. The molecule has 23 heavy (non-hydrogen) atoms. The first-order valence-corrected chi connectivity index (χ1v) is 7.80. The summed E-state index contributed by atoms with van der Waals surface area (Å²) >= 11 is 3.34. The number of aromatic nitrogens is 1. The molecule has 2 amide bonds. The molecule has 2 aromatic rings. The van der Waals surface area contributed by atoms with Crippen LogP contribution in [0.3, 0.4) is 0 Å². The Morgan fingerprint density at radius 3 is 3.00 bits per heavy atom. The van der Waals surface area contributed by atoms with Crippen molar-refractivity contribution in [1.29, 1.82) is 0 Å². The molecule has 0 aliphatic carbocycles. The van der Waals surface area contributed by atoms with Gasteiger partial charge in [0.25, 0.3) is 5.91 Å². The van der Waals surface area contributed by atoms with Crippen LogP contribution in [0.25, 0.3) is 10.9 Å². The molecule has 1 saturated heterocycles. The van der Waals surface area contributed by atoms with E-state index in [9.17, 15) is 14.7 Å². The molecule has 8 nitrogen and oxygen atoms in total. The normalized spacial score (nSPS) is 18.5. The number of rotatable bonds is 3. The van der Waals surface area contributed by atoms with Gasteiger partial charge in [0.1, 0.15) is 0 Å². The van der Waals surface area contributed by atoms with E-state index in [2.05, 4.69) is 41.8 Å². The van der Waals surface area contributed by atoms with Gasteiger partial charge in [0.15, 0.2) is 5.69 Å². The van der Waals surface area contributed by atoms with E-state index in [-0.39, 0.29) is 23.9 Å². The third kappa shape index (κ3) is 3.40. The standard InChI is InChI=1S/C14H14BrN5O3/c15-7-1-2-9-8(5-7)12(14(23)18-9)20-19-11(21)6-10-13(22)17-4-3-16-10/h1-2,5,10,16,18,23H,3-4,6H2,(H,17,22)/t10-/m0/s1. The van der Waals surface area contributed by atoms with Crippen LogP contribution in [0.15, 0.2) is 32.9 Å². The maximum Gasteiger partial charge on any atom is 0.266 e. The summed E-state index contributed by atoms with van der Waals surface area (Å²) in [5.74, 6) is -0.926. The number of azo groups is 1. The van der Waals surface area contributed by atoms with Crippen LogP contribution in [0.2, 0.25) is 0 Å². The Labute approximate surface area is 139 Å². The number of halogens is 1. The van der Waals surface area contributed by atoms with Crippen molar-refractivity contribution in [2.24, 2.45) is 10.2 Å². The molecule has 0 radical (unpaired) electrons. The molecule has 0 saturated carbocycles. The van der Waals surface area contributed by atoms with Gasteiger partial charge in [-0.1, -0.05) is 15.9 Å². The van der Waals surface area contributed by atoms with Gasteiger partial charge in [-0.2, -0.15) is 0 Å². The van der Waals surface area contributed by atoms with Crippen LogP contribution in [0.1, 0.15) is 6.42 Å². The predicted octanol–water partition coefficient (Wildman–Crippen LogP) is 1.72. The van der Waals surface area contributed by atoms with E-state index in [1.165, 1.54) is 0 Å². The molecule has 1 aromatic heterocycles. The molecule has 2 heterocycles. The number of amides is 2. The van der Waals surface area contributed by atoms with Crippen LogP contribution in [-0.4, -0.2) is 41.0 Å². The molecule has 1 atom stereocenters. The van der Waals surface area contributed by atoms with Gasteiger partial charge in [-0.05, 0) is 18.2 Å². The van der Waals surface area contributed by atoms with Gasteiger partial charge in [0.2, 0.25) is 11.8 Å². The van der Waals surface area contributed by atoms with Crippen LogP contribution < -0.4 is 10.6 Å². The smallest absolute Gasteiger partial charge is 0.266 e. The minimum atomic E-state index is -0.596. The fourth-order valence-electron chi connectivity index (χ4n) is 2.37. The van der Waals surface area contributed by atoms with Crippen LogP contribution in [0.4, 0.5) is 5.69 Å². The molecule has 1 aliphatic heterocycles. The number of H-pyrrole nitrogens is 1. The average molecular weight is 380 g/mol. The van der Waals surface area contributed by atoms with Crippen molar-refractivity contribution in [3.63, 3.8) is 0 Å². The number of fused-ring (bicyclic) bond motifs is 1. The summed E-state index contributed by atoms with van der Waals surface area (Å²) in [7, 11) is 0. The zero-order valence-corrected chi connectivity index (χ0v) is 13.6. The lowest BCUT2D eigenvalue weighted by Gasteiger charge is -2.21. The summed E-state index contributed by atoms with van der Waals surface area (Å²) in [5.41, 5.74) is 0.871. The van der Waals surface area contributed by atoms with Gasteiger partial charge in [0, 0.05) is 22.9 Å². The molecule has 1 fully saturated rings. The first-order chi connectivity index (χ1) is 11.0. The number of benzene rings is 1. The van der Waals surface area contributed by atoms with Gasteiger partial charge < -0.3 is 20.7 Å². The molecule has 0 unspecified atom stereocenters. The van der Waals surface area contributed by atoms with Crippen molar-refractivity contribution >= 4 is 44.3 Å². The molecule has 9 heteroatoms. The van der Waals surface area contributed by atoms with Gasteiger partial charge in [-0.3, -0.25) is 9.59 Å². The summed E-state index contributed by atoms with van der Waals surface area (Å²) in [6.45, 7) is 1.15. The number of aromatic hydroxyl groups is 1. The van der Waals surface area contributed by atoms with Gasteiger partial charge in [0.05, 0.1) is 18.0 Å². The van der Waals surface area contributed by atoms with Crippen molar-refractivity contribution in [2.75, 3.05) is 13.1 Å². The van der Waals surface area contributed by atoms with Gasteiger partial charge in [-0.25, -0.2) is 0 Å². The zero-order valence-electron chi connectivity index (χ0n) is 12.0. The Kier molecular flexibility index (Phi) is 4.39. The second kappa shape index (κ2) is 6.47. The van der Waals surface area contributed by atoms with Crippen molar-refractivity contribution in [3.05, 3.63) is 22.7 Å². The SMILES string of the molecule is O=C(C[C@@H]1NCCNC1=O)N=Nc1c(O)[nH]c2ccc(Br)cc12. The van der Waals surface area contributed by atoms with Gasteiger partial charge >= 0.3 is 0 Å². The Balaban J connectivity index is 1.77. The Morgan fingerprint density at radius 2 is 2.22 bits per heavy atom. The molecule has 0 bridgehead atoms. The fourth-order valence-corrected chi connectivity index (χ4v) is 2.73. The van der Waals surface area contributed by atoms with E-state index in [4.69, 9.17) is 0 Å². The largest absolute Gasteiger partial charge is 0.493 e. The molecule has 120 valence electrons. The molecule has 1 aliphatic rings. The fraction of sp³-hybridized carbons (Fsp3) is 0.286. The monoisotopic (exact) mass is 379 g/mol. The average Bonchev–Trinajstić information content (AvgIpc) is 2.82. The quantitative estimate of drug-likeness (QED) is 0.607. The summed E-state index contributed by atoms with van der Waals surface area (Å²) < 4.78 is 0.815. The summed E-state index contributed by atoms with van der Waals surface area (Å²) in [4.78, 5) is 26.2. The van der Waals surface area contributed by atoms with Crippen LogP contribution in [0, 0.1) is 0 Å². The van der Waals surface area contributed by atoms with Gasteiger partial charge in [-0.15, -0.1) is 10.2 Å². The molecular weight excluding hydrogens is 366 g/mol. The molecular formula is C14H14BrN5O3. The Hall–Kier alpha value is -2.26. The third-order valence-corrected chi connectivity index (χ3v) is 3.98. The summed E-state index contributed by atoms with van der Waals surface area (Å²) in [6, 6.07) is 4.76. The molecule has 0 spiro atoms. The topological polar surface area (TPSA) is 119 Å². The van der Waals surface area contributed by atoms with Crippen molar-refractivity contribution in [1.82, 2.24) is 15.6 Å². The minimum absolute atomic E-state index is 0.0812. The van der Waals surface area contributed by atoms with E-state index in [0.717, 1.165) is 4.47 Å². The number of piperazine rings is 1. The first-order valence-electron chi connectivity index (χ1n) is 7.00. The molecule has 1 aromatic carbocycles. The number of carbonyl (C=O) groups excluding carboxylic acids is 2. The van der Waals surface area contributed by atoms with E-state index in [0.29, 0.717) is 24.0 Å². The number of aromatic amines is 1. The second-order valence-corrected chi connectivity index (χ2v) is 6.02. The lowest BCUT2D eigenvalue weighted by Crippen LogP contribution is -2.53. The third-order valence-electron chi connectivity index (χ3n) is 3.49. The van der Waals surface area contributed by atoms with Crippen molar-refractivity contribution in [2.45, 2.75) is 12.5 Å². The number of nitrogens with one attached hydrogen (secondary N) is 3. The van der Waals surface area contributed by atoms with Crippen molar-refractivity contribution < 1.29 is 14.7 Å². The van der Waals surface area contributed by atoms with E-state index in [1.807, 2.05) is 6.07 Å². The highest BCUT2D eigenvalue weighted by Gasteiger charge is 2.24. The van der Waals surface area contributed by atoms with E-state index >= 15 is 0 Å². The first kappa shape index (κ1) is 15.6. The number of hydrogen-bond donors (Lipinski definition) is 4. The highest BCUT2D eigenvalue weighted by atomic mass is 79.9. The van der Waals surface area contributed by atoms with E-state index < -0.39 is 11.9 Å². The predicted molar refractivity (Wildman–Crippen MR) is 86.6 cm³/mol. The van der Waals surface area contributed by atoms with Crippen LogP contribution in [0.5, 0.6) is 5.88 Å². The Morgan fingerprint density at radius 1 is 1.39 bits per heavy atom. The lowest BCUT2D eigenvalue weighted by molar-refractivity contribution is -0.128. The lowest BCUT2D eigenvalue weighted by atomic mass is 10.1. The molecule has 3 rings (SSSR count). The van der Waals surface area contributed by atoms with E-state index in [1.54, 1.807) is 12.1 Å². The maximum absolute atomic E-state index is 11.9. The van der Waals surface area contributed by atoms with Crippen LogP contribution in [-0.2, 0) is 9.59 Å².